The lowest BCUT2D eigenvalue weighted by Crippen LogP contribution is -2.26. The van der Waals surface area contributed by atoms with Crippen molar-refractivity contribution in [2.45, 2.75) is 54.1 Å². The molecule has 1 nitrogen and oxygen atoms in total. The molecule has 4 aromatic carbocycles. The molecule has 0 bridgehead atoms. The minimum absolute atomic E-state index is 0.00684. The number of aromatic nitrogens is 1. The second kappa shape index (κ2) is 9.02. The summed E-state index contributed by atoms with van der Waals surface area (Å²) in [5.74, 6) is 0. The molecule has 0 saturated heterocycles. The third-order valence-corrected chi connectivity index (χ3v) is 11.5. The van der Waals surface area contributed by atoms with Gasteiger partial charge >= 0.3 is 0 Å². The zero-order chi connectivity index (χ0) is 24.6. The Morgan fingerprint density at radius 1 is 0.600 bits per heavy atom. The van der Waals surface area contributed by atoms with Crippen LogP contribution in [0.2, 0.25) is 0 Å². The number of benzene rings is 4. The van der Waals surface area contributed by atoms with Crippen LogP contribution in [0.1, 0.15) is 31.9 Å². The third kappa shape index (κ3) is 4.06. The van der Waals surface area contributed by atoms with Crippen LogP contribution in [0, 0.1) is 13.8 Å². The standard InChI is InChI=1S/C33H33NS/c1-24-20-25(2)22-27(21-24)32-31-17-16-30(23-26(31)18-19-34-32)35(33(3,4)5,28-12-8-6-9-13-28)29-14-10-7-11-15-29/h6-23H,1-5H3. The smallest absolute Gasteiger partial charge is 0.0780 e. The second-order valence-electron chi connectivity index (χ2n) is 10.3. The van der Waals surface area contributed by atoms with Crippen LogP contribution in [0.3, 0.4) is 0 Å². The van der Waals surface area contributed by atoms with Crippen molar-refractivity contribution in [1.82, 2.24) is 4.98 Å². The van der Waals surface area contributed by atoms with Crippen molar-refractivity contribution >= 4 is 20.8 Å². The summed E-state index contributed by atoms with van der Waals surface area (Å²) >= 11 is 0. The molecule has 2 heteroatoms. The fourth-order valence-corrected chi connectivity index (χ4v) is 10.1. The summed E-state index contributed by atoms with van der Waals surface area (Å²) in [6, 6.07) is 38.1. The van der Waals surface area contributed by atoms with Crippen molar-refractivity contribution in [2.75, 3.05) is 0 Å². The summed E-state index contributed by atoms with van der Waals surface area (Å²) in [5.41, 5.74) is 4.76. The Morgan fingerprint density at radius 3 is 1.71 bits per heavy atom. The summed E-state index contributed by atoms with van der Waals surface area (Å²) < 4.78 is 0.00684. The molecular weight excluding hydrogens is 442 g/mol. The van der Waals surface area contributed by atoms with Gasteiger partial charge < -0.3 is 0 Å². The van der Waals surface area contributed by atoms with E-state index in [4.69, 9.17) is 4.98 Å². The van der Waals surface area contributed by atoms with Crippen LogP contribution < -0.4 is 0 Å². The van der Waals surface area contributed by atoms with E-state index in [1.165, 1.54) is 42.1 Å². The maximum Gasteiger partial charge on any atom is 0.0780 e. The molecule has 5 aromatic rings. The summed E-state index contributed by atoms with van der Waals surface area (Å²) in [6.45, 7) is 11.5. The number of rotatable bonds is 4. The van der Waals surface area contributed by atoms with Crippen LogP contribution in [0.4, 0.5) is 0 Å². The first-order valence-electron chi connectivity index (χ1n) is 12.2. The lowest BCUT2D eigenvalue weighted by molar-refractivity contribution is 0.776. The van der Waals surface area contributed by atoms with Gasteiger partial charge in [-0.25, -0.2) is 0 Å². The Morgan fingerprint density at radius 2 is 1.17 bits per heavy atom. The molecule has 5 rings (SSSR count). The lowest BCUT2D eigenvalue weighted by Gasteiger charge is -2.52. The molecular formula is C33H33NS. The molecule has 0 spiro atoms. The van der Waals surface area contributed by atoms with Gasteiger partial charge in [-0.05, 0) is 88.5 Å². The second-order valence-corrected chi connectivity index (χ2v) is 14.1. The number of aryl methyl sites for hydroxylation is 2. The van der Waals surface area contributed by atoms with Gasteiger partial charge in [0.2, 0.25) is 0 Å². The van der Waals surface area contributed by atoms with Crippen molar-refractivity contribution in [3.8, 4) is 11.3 Å². The maximum absolute atomic E-state index is 4.82. The van der Waals surface area contributed by atoms with Gasteiger partial charge in [-0.2, -0.15) is 10.0 Å². The fourth-order valence-electron chi connectivity index (χ4n) is 5.41. The highest BCUT2D eigenvalue weighted by molar-refractivity contribution is 8.34. The van der Waals surface area contributed by atoms with E-state index in [1.807, 2.05) is 6.20 Å². The first-order chi connectivity index (χ1) is 16.8. The molecule has 176 valence electrons. The number of fused-ring (bicyclic) bond motifs is 1. The minimum Gasteiger partial charge on any atom is -0.256 e. The van der Waals surface area contributed by atoms with E-state index in [9.17, 15) is 0 Å². The molecule has 1 heterocycles. The van der Waals surface area contributed by atoms with E-state index in [0.717, 1.165) is 5.69 Å². The molecule has 0 fully saturated rings. The fraction of sp³-hybridized carbons (Fsp3) is 0.182. The van der Waals surface area contributed by atoms with E-state index < -0.39 is 10.0 Å². The van der Waals surface area contributed by atoms with E-state index in [-0.39, 0.29) is 4.75 Å². The van der Waals surface area contributed by atoms with Gasteiger partial charge in [0.1, 0.15) is 0 Å². The monoisotopic (exact) mass is 475 g/mol. The topological polar surface area (TPSA) is 12.9 Å². The van der Waals surface area contributed by atoms with Gasteiger partial charge in [0.25, 0.3) is 0 Å². The summed E-state index contributed by atoms with van der Waals surface area (Å²) in [6.07, 6.45) is 1.96. The molecule has 0 atom stereocenters. The van der Waals surface area contributed by atoms with Crippen molar-refractivity contribution in [2.24, 2.45) is 0 Å². The molecule has 0 N–H and O–H groups in total. The molecule has 0 amide bonds. The highest BCUT2D eigenvalue weighted by atomic mass is 32.3. The first kappa shape index (κ1) is 23.4. The molecule has 1 aromatic heterocycles. The summed E-state index contributed by atoms with van der Waals surface area (Å²) in [4.78, 5) is 8.99. The van der Waals surface area contributed by atoms with Crippen molar-refractivity contribution in [1.29, 1.82) is 0 Å². The quantitative estimate of drug-likeness (QED) is 0.252. The van der Waals surface area contributed by atoms with Crippen molar-refractivity contribution < 1.29 is 0 Å². The Balaban J connectivity index is 1.81. The number of hydrogen-bond acceptors (Lipinski definition) is 1. The SMILES string of the molecule is Cc1cc(C)cc(-c2nccc3cc(S(c4ccccc4)(c4ccccc4)C(C)(C)C)ccc23)c1. The van der Waals surface area contributed by atoms with Crippen LogP contribution in [0.25, 0.3) is 22.0 Å². The van der Waals surface area contributed by atoms with Crippen LogP contribution in [-0.2, 0) is 0 Å². The molecule has 0 radical (unpaired) electrons. The normalized spacial score (nSPS) is 12.6. The number of pyridine rings is 1. The zero-order valence-corrected chi connectivity index (χ0v) is 22.1. The van der Waals surface area contributed by atoms with E-state index in [0.29, 0.717) is 0 Å². The van der Waals surface area contributed by atoms with E-state index in [1.54, 1.807) is 0 Å². The molecule has 0 unspecified atom stereocenters. The lowest BCUT2D eigenvalue weighted by atomic mass is 10.0. The van der Waals surface area contributed by atoms with Crippen LogP contribution >= 0.6 is 10.0 Å². The van der Waals surface area contributed by atoms with Crippen molar-refractivity contribution in [3.63, 3.8) is 0 Å². The van der Waals surface area contributed by atoms with Gasteiger partial charge in [-0.15, -0.1) is 0 Å². The molecule has 0 saturated carbocycles. The van der Waals surface area contributed by atoms with Crippen LogP contribution in [0.5, 0.6) is 0 Å². The molecule has 0 aliphatic carbocycles. The minimum atomic E-state index is -1.55. The van der Waals surface area contributed by atoms with Gasteiger partial charge in [-0.1, -0.05) is 80.4 Å². The molecule has 0 aliphatic heterocycles. The van der Waals surface area contributed by atoms with Gasteiger partial charge in [0.15, 0.2) is 0 Å². The van der Waals surface area contributed by atoms with E-state index in [2.05, 4.69) is 138 Å². The van der Waals surface area contributed by atoms with Crippen LogP contribution in [0.15, 0.2) is 124 Å². The Bertz CT molecular complexity index is 1420. The van der Waals surface area contributed by atoms with Gasteiger partial charge in [0.05, 0.1) is 5.69 Å². The average Bonchev–Trinajstić information content (AvgIpc) is 2.84. The Kier molecular flexibility index (Phi) is 6.02. The number of hydrogen-bond donors (Lipinski definition) is 0. The zero-order valence-electron chi connectivity index (χ0n) is 21.2. The maximum atomic E-state index is 4.82. The summed E-state index contributed by atoms with van der Waals surface area (Å²) in [7, 11) is -1.55. The molecule has 35 heavy (non-hydrogen) atoms. The van der Waals surface area contributed by atoms with Gasteiger partial charge in [0, 0.05) is 21.9 Å². The largest absolute Gasteiger partial charge is 0.256 e. The predicted octanol–water partition coefficient (Wildman–Crippen LogP) is 9.60. The third-order valence-electron chi connectivity index (χ3n) is 6.70. The van der Waals surface area contributed by atoms with E-state index >= 15 is 0 Å². The summed E-state index contributed by atoms with van der Waals surface area (Å²) in [5, 5.41) is 2.43. The highest BCUT2D eigenvalue weighted by Gasteiger charge is 2.41. The molecule has 0 aliphatic rings. The number of nitrogens with zero attached hydrogens (tertiary/aromatic N) is 1. The van der Waals surface area contributed by atoms with Crippen molar-refractivity contribution in [3.05, 3.63) is 120 Å². The predicted molar refractivity (Wildman–Crippen MR) is 152 cm³/mol. The first-order valence-corrected chi connectivity index (χ1v) is 13.8. The highest BCUT2D eigenvalue weighted by Crippen LogP contribution is 2.75. The Labute approximate surface area is 211 Å². The van der Waals surface area contributed by atoms with Crippen LogP contribution in [-0.4, -0.2) is 9.73 Å². The average molecular weight is 476 g/mol. The van der Waals surface area contributed by atoms with Gasteiger partial charge in [-0.3, -0.25) is 4.98 Å². The Hall–Kier alpha value is -3.36.